The summed E-state index contributed by atoms with van der Waals surface area (Å²) in [4.78, 5) is 9.00. The molecule has 0 heterocycles. The fraction of sp³-hybridized carbons (Fsp3) is 0.125. The molecule has 0 saturated carbocycles. The van der Waals surface area contributed by atoms with E-state index in [9.17, 15) is 3.07 Å². The molecule has 0 aliphatic rings. The number of rotatable bonds is 1. The SMILES string of the molecule is CC(=O)O.O=Ic1ccccc1. The van der Waals surface area contributed by atoms with E-state index in [0.717, 1.165) is 10.5 Å². The topological polar surface area (TPSA) is 54.4 Å². The third-order valence-electron chi connectivity index (χ3n) is 0.822. The molecule has 3 nitrogen and oxygen atoms in total. The number of halogens is 1. The van der Waals surface area contributed by atoms with Crippen LogP contribution in [0.15, 0.2) is 30.3 Å². The normalized spacial score (nSPS) is 8.08. The van der Waals surface area contributed by atoms with Gasteiger partial charge in [0, 0.05) is 10.5 Å². The molecule has 1 aromatic carbocycles. The quantitative estimate of drug-likeness (QED) is 0.803. The first-order chi connectivity index (χ1) is 5.66. The van der Waals surface area contributed by atoms with Gasteiger partial charge in [-0.15, -0.1) is 0 Å². The average Bonchev–Trinajstić information content (AvgIpc) is 2.05. The molecule has 66 valence electrons. The Morgan fingerprint density at radius 2 is 1.75 bits per heavy atom. The summed E-state index contributed by atoms with van der Waals surface area (Å²) in [6.07, 6.45) is 0. The highest BCUT2D eigenvalue weighted by atomic mass is 127. The van der Waals surface area contributed by atoms with E-state index in [1.165, 1.54) is 0 Å². The molecule has 1 N–H and O–H groups in total. The van der Waals surface area contributed by atoms with Crippen molar-refractivity contribution in [2.75, 3.05) is 0 Å². The Labute approximate surface area is 81.1 Å². The van der Waals surface area contributed by atoms with E-state index in [1.807, 2.05) is 30.3 Å². The molecule has 0 unspecified atom stereocenters. The summed E-state index contributed by atoms with van der Waals surface area (Å²) in [5.74, 6) is -0.833. The van der Waals surface area contributed by atoms with Crippen LogP contribution < -0.4 is 0 Å². The molecular weight excluding hydrogens is 271 g/mol. The lowest BCUT2D eigenvalue weighted by Crippen LogP contribution is -1.78. The van der Waals surface area contributed by atoms with E-state index in [1.54, 1.807) is 0 Å². The van der Waals surface area contributed by atoms with Gasteiger partial charge in [0.1, 0.15) is 0 Å². The summed E-state index contributed by atoms with van der Waals surface area (Å²) < 4.78 is 11.2. The Morgan fingerprint density at radius 3 is 2.00 bits per heavy atom. The maximum atomic E-state index is 10.2. The van der Waals surface area contributed by atoms with E-state index in [2.05, 4.69) is 0 Å². The van der Waals surface area contributed by atoms with Crippen molar-refractivity contribution in [3.63, 3.8) is 0 Å². The molecule has 1 rings (SSSR count). The third kappa shape index (κ3) is 7.33. The minimum Gasteiger partial charge on any atom is -0.481 e. The zero-order chi connectivity index (χ0) is 9.40. The second-order valence-corrected chi connectivity index (χ2v) is 3.58. The number of benzene rings is 1. The molecule has 0 aliphatic carbocycles. The van der Waals surface area contributed by atoms with Gasteiger partial charge in [0.15, 0.2) is 21.2 Å². The van der Waals surface area contributed by atoms with E-state index in [4.69, 9.17) is 9.90 Å². The Bertz CT molecular complexity index is 242. The first kappa shape index (κ1) is 11.2. The fourth-order valence-electron chi connectivity index (χ4n) is 0.466. The largest absolute Gasteiger partial charge is 0.481 e. The first-order valence-electron chi connectivity index (χ1n) is 3.18. The maximum Gasteiger partial charge on any atom is 0.300 e. The minimum atomic E-state index is -0.941. The first-order valence-corrected chi connectivity index (χ1v) is 5.14. The molecule has 1 aromatic rings. The summed E-state index contributed by atoms with van der Waals surface area (Å²) in [6, 6.07) is 9.46. The summed E-state index contributed by atoms with van der Waals surface area (Å²) in [7, 11) is 0. The zero-order valence-corrected chi connectivity index (χ0v) is 8.69. The Kier molecular flexibility index (Phi) is 6.45. The average molecular weight is 280 g/mol. The lowest BCUT2D eigenvalue weighted by atomic mass is 10.4. The second kappa shape index (κ2) is 6.90. The van der Waals surface area contributed by atoms with Crippen molar-refractivity contribution in [2.45, 2.75) is 6.92 Å². The maximum absolute atomic E-state index is 10.2. The highest BCUT2D eigenvalue weighted by molar-refractivity contribution is 14.1. The van der Waals surface area contributed by atoms with Crippen molar-refractivity contribution in [1.82, 2.24) is 0 Å². The van der Waals surface area contributed by atoms with Crippen molar-refractivity contribution in [3.8, 4) is 0 Å². The number of aliphatic carboxylic acids is 1. The lowest BCUT2D eigenvalue weighted by molar-refractivity contribution is -0.134. The van der Waals surface area contributed by atoms with Crippen LogP contribution in [0.25, 0.3) is 0 Å². The molecule has 0 amide bonds. The molecule has 0 spiro atoms. The van der Waals surface area contributed by atoms with Gasteiger partial charge in [-0.05, 0) is 12.1 Å². The number of hydrogen-bond donors (Lipinski definition) is 1. The molecule has 0 fully saturated rings. The van der Waals surface area contributed by atoms with Gasteiger partial charge in [-0.1, -0.05) is 18.2 Å². The van der Waals surface area contributed by atoms with Gasteiger partial charge >= 0.3 is 0 Å². The van der Waals surface area contributed by atoms with Crippen LogP contribution in [0.4, 0.5) is 0 Å². The Hall–Kier alpha value is -0.780. The van der Waals surface area contributed by atoms with Crippen LogP contribution in [0, 0.1) is 3.57 Å². The molecule has 12 heavy (non-hydrogen) atoms. The van der Waals surface area contributed by atoms with Gasteiger partial charge in [-0.3, -0.25) is 7.86 Å². The minimum absolute atomic E-state index is 0.833. The number of hydrogen-bond acceptors (Lipinski definition) is 2. The third-order valence-corrected chi connectivity index (χ3v) is 2.05. The molecule has 0 saturated heterocycles. The summed E-state index contributed by atoms with van der Waals surface area (Å²) >= 11 is -0.941. The highest BCUT2D eigenvalue weighted by Crippen LogP contribution is 2.06. The van der Waals surface area contributed by atoms with Crippen molar-refractivity contribution in [1.29, 1.82) is 0 Å². The molecule has 0 aliphatic heterocycles. The van der Waals surface area contributed by atoms with Crippen LogP contribution >= 0.6 is 21.2 Å². The van der Waals surface area contributed by atoms with E-state index in [-0.39, 0.29) is 0 Å². The van der Waals surface area contributed by atoms with Gasteiger partial charge in [-0.25, -0.2) is 0 Å². The van der Waals surface area contributed by atoms with Gasteiger partial charge in [0.05, 0.1) is 0 Å². The van der Waals surface area contributed by atoms with Crippen molar-refractivity contribution < 1.29 is 13.0 Å². The predicted octanol–water partition coefficient (Wildman–Crippen LogP) is 2.26. The zero-order valence-electron chi connectivity index (χ0n) is 6.53. The molecule has 4 heteroatoms. The van der Waals surface area contributed by atoms with Gasteiger partial charge in [0.2, 0.25) is 0 Å². The second-order valence-electron chi connectivity index (χ2n) is 1.89. The summed E-state index contributed by atoms with van der Waals surface area (Å²) in [6.45, 7) is 1.08. The predicted molar refractivity (Wildman–Crippen MR) is 53.2 cm³/mol. The van der Waals surface area contributed by atoms with Gasteiger partial charge < -0.3 is 5.11 Å². The number of carbonyl (C=O) groups is 1. The molecule has 0 radical (unpaired) electrons. The van der Waals surface area contributed by atoms with Crippen molar-refractivity contribution in [3.05, 3.63) is 33.9 Å². The monoisotopic (exact) mass is 280 g/mol. The van der Waals surface area contributed by atoms with Gasteiger partial charge in [0.25, 0.3) is 5.97 Å². The van der Waals surface area contributed by atoms with Crippen LogP contribution in [0.1, 0.15) is 6.92 Å². The molecule has 0 aromatic heterocycles. The Balaban J connectivity index is 0.000000261. The van der Waals surface area contributed by atoms with Crippen LogP contribution in [0.3, 0.4) is 0 Å². The van der Waals surface area contributed by atoms with E-state index in [0.29, 0.717) is 0 Å². The fourth-order valence-corrected chi connectivity index (χ4v) is 1.17. The Morgan fingerprint density at radius 1 is 1.33 bits per heavy atom. The lowest BCUT2D eigenvalue weighted by Gasteiger charge is -1.80. The van der Waals surface area contributed by atoms with E-state index < -0.39 is 27.2 Å². The molecular formula is C8H9IO3. The highest BCUT2D eigenvalue weighted by Gasteiger charge is 1.81. The van der Waals surface area contributed by atoms with Crippen LogP contribution in [0.5, 0.6) is 0 Å². The molecule has 0 atom stereocenters. The van der Waals surface area contributed by atoms with Crippen LogP contribution in [-0.4, -0.2) is 11.1 Å². The van der Waals surface area contributed by atoms with Crippen molar-refractivity contribution in [2.24, 2.45) is 0 Å². The van der Waals surface area contributed by atoms with Crippen molar-refractivity contribution >= 4 is 27.2 Å². The smallest absolute Gasteiger partial charge is 0.300 e. The van der Waals surface area contributed by atoms with E-state index >= 15 is 0 Å². The summed E-state index contributed by atoms with van der Waals surface area (Å²) in [5, 5.41) is 7.42. The standard InChI is InChI=1S/C6H5IO.C2H4O2/c8-7-6-4-2-1-3-5-6;1-2(3)4/h1-5H;1H3,(H,3,4). The number of carboxylic acid groups (broad SMARTS) is 1. The van der Waals surface area contributed by atoms with Gasteiger partial charge in [-0.2, -0.15) is 0 Å². The number of carboxylic acids is 1. The summed E-state index contributed by atoms with van der Waals surface area (Å²) in [5.41, 5.74) is 0. The van der Waals surface area contributed by atoms with Crippen LogP contribution in [-0.2, 0) is 7.86 Å². The van der Waals surface area contributed by atoms with Crippen LogP contribution in [0.2, 0.25) is 0 Å². The molecule has 0 bridgehead atoms.